The number of methoxy groups -OCH3 is 2. The average Bonchev–Trinajstić information content (AvgIpc) is 3.29. The van der Waals surface area contributed by atoms with E-state index < -0.39 is 20.1 Å². The minimum absolute atomic E-state index is 0.0979. The summed E-state index contributed by atoms with van der Waals surface area (Å²) in [4.78, 5) is 12.6. The van der Waals surface area contributed by atoms with Crippen LogP contribution >= 0.6 is 0 Å². The summed E-state index contributed by atoms with van der Waals surface area (Å²) in [6, 6.07) is 0. The first-order valence-corrected chi connectivity index (χ1v) is 20.2. The number of allylic oxidation sites excluding steroid dienone is 1. The topological polar surface area (TPSA) is 63.2 Å². The van der Waals surface area contributed by atoms with Gasteiger partial charge in [0.25, 0.3) is 0 Å². The van der Waals surface area contributed by atoms with E-state index in [9.17, 15) is 4.79 Å². The maximum Gasteiger partial charge on any atom is 0.508 e. The third-order valence-corrected chi connectivity index (χ3v) is 17.6. The summed E-state index contributed by atoms with van der Waals surface area (Å²) in [6.45, 7) is 23.4. The number of hydrogen-bond donors (Lipinski definition) is 0. The zero-order valence-electron chi connectivity index (χ0n) is 30.1. The lowest BCUT2D eigenvalue weighted by Crippen LogP contribution is -2.54. The van der Waals surface area contributed by atoms with Crippen LogP contribution in [0.25, 0.3) is 0 Å². The Morgan fingerprint density at radius 2 is 1.70 bits per heavy atom. The van der Waals surface area contributed by atoms with E-state index in [1.165, 1.54) is 45.6 Å². The molecule has 0 aliphatic heterocycles. The fraction of sp³-hybridized carbons (Fsp3) is 0.865. The molecular formula is C37H64O6Si. The van der Waals surface area contributed by atoms with Crippen molar-refractivity contribution in [3.05, 3.63) is 23.8 Å². The lowest BCUT2D eigenvalue weighted by Gasteiger charge is -2.59. The summed E-state index contributed by atoms with van der Waals surface area (Å²) in [5, 5.41) is 0.238. The van der Waals surface area contributed by atoms with Gasteiger partial charge in [0.2, 0.25) is 0 Å². The van der Waals surface area contributed by atoms with Crippen molar-refractivity contribution >= 4 is 14.5 Å². The molecule has 0 radical (unpaired) electrons. The summed E-state index contributed by atoms with van der Waals surface area (Å²) < 4.78 is 29.1. The van der Waals surface area contributed by atoms with Crippen molar-refractivity contribution in [3.63, 3.8) is 0 Å². The minimum Gasteiger partial charge on any atom is -0.438 e. The van der Waals surface area contributed by atoms with Gasteiger partial charge in [-0.1, -0.05) is 52.3 Å². The van der Waals surface area contributed by atoms with Crippen molar-refractivity contribution in [1.29, 1.82) is 0 Å². The molecule has 252 valence electrons. The second kappa shape index (κ2) is 12.8. The lowest BCUT2D eigenvalue weighted by molar-refractivity contribution is -0.112. The second-order valence-corrected chi connectivity index (χ2v) is 22.1. The molecule has 0 heterocycles. The predicted octanol–water partition coefficient (Wildman–Crippen LogP) is 9.84. The Morgan fingerprint density at radius 1 is 1.00 bits per heavy atom. The van der Waals surface area contributed by atoms with Gasteiger partial charge in [-0.3, -0.25) is 0 Å². The first kappa shape index (κ1) is 35.7. The molecular weight excluding hydrogens is 568 g/mol. The number of carbonyl (C=O) groups is 1. The highest BCUT2D eigenvalue weighted by Crippen LogP contribution is 2.68. The summed E-state index contributed by atoms with van der Waals surface area (Å²) in [5.74, 6) is 2.25. The SMILES string of the molecule is COCOC(C)(C)CC=C[C@](C)(OC(=O)OC)[C@H]1CCC2C3CC=C4CC(O[Si](C)(C)C(C)(C)C)CC[C@]4(C)C3CC[C@@]21C. The van der Waals surface area contributed by atoms with E-state index in [1.54, 1.807) is 12.7 Å². The Kier molecular flexibility index (Phi) is 10.4. The first-order valence-electron chi connectivity index (χ1n) is 17.3. The van der Waals surface area contributed by atoms with Crippen molar-refractivity contribution in [2.45, 2.75) is 149 Å². The summed E-state index contributed by atoms with van der Waals surface area (Å²) in [7, 11) is 1.24. The van der Waals surface area contributed by atoms with Gasteiger partial charge >= 0.3 is 6.16 Å². The first-order chi connectivity index (χ1) is 20.3. The molecule has 8 atom stereocenters. The molecule has 4 aliphatic carbocycles. The molecule has 0 aromatic heterocycles. The zero-order valence-corrected chi connectivity index (χ0v) is 31.1. The Bertz CT molecular complexity index is 1090. The Hall–Kier alpha value is -1.15. The fourth-order valence-electron chi connectivity index (χ4n) is 9.56. The van der Waals surface area contributed by atoms with E-state index in [0.29, 0.717) is 24.4 Å². The van der Waals surface area contributed by atoms with Crippen LogP contribution in [0.5, 0.6) is 0 Å². The van der Waals surface area contributed by atoms with E-state index in [-0.39, 0.29) is 34.2 Å². The van der Waals surface area contributed by atoms with Crippen molar-refractivity contribution in [2.75, 3.05) is 21.0 Å². The van der Waals surface area contributed by atoms with Gasteiger partial charge in [0.1, 0.15) is 12.4 Å². The molecule has 4 unspecified atom stereocenters. The smallest absolute Gasteiger partial charge is 0.438 e. The standard InChI is InChI=1S/C37H64O6Si/c1-33(2,3)44(11,12)43-27-18-22-35(6)26(24-27)14-15-28-29-16-17-31(36(29,7)23-19-30(28)35)37(8,42-32(38)40-10)21-13-20-34(4,5)41-25-39-9/h13-14,21,27-31H,15-20,22-25H2,1-12H3/t27?,28?,29?,30?,31-,35-,36-,37-/m0/s1. The number of carbonyl (C=O) groups excluding carboxylic acids is 1. The highest BCUT2D eigenvalue weighted by atomic mass is 28.4. The van der Waals surface area contributed by atoms with Gasteiger partial charge in [0.05, 0.1) is 12.7 Å². The molecule has 7 heteroatoms. The van der Waals surface area contributed by atoms with Gasteiger partial charge in [0.15, 0.2) is 8.32 Å². The van der Waals surface area contributed by atoms with Crippen molar-refractivity contribution in [2.24, 2.45) is 34.5 Å². The van der Waals surface area contributed by atoms with E-state index >= 15 is 0 Å². The van der Waals surface area contributed by atoms with Gasteiger partial charge in [-0.25, -0.2) is 4.79 Å². The minimum atomic E-state index is -1.79. The molecule has 4 aliphatic rings. The normalized spacial score (nSPS) is 35.7. The molecule has 44 heavy (non-hydrogen) atoms. The van der Waals surface area contributed by atoms with Crippen LogP contribution in [0.3, 0.4) is 0 Å². The maximum atomic E-state index is 12.6. The van der Waals surface area contributed by atoms with Crippen LogP contribution in [-0.2, 0) is 23.4 Å². The van der Waals surface area contributed by atoms with Crippen LogP contribution in [0.15, 0.2) is 23.8 Å². The van der Waals surface area contributed by atoms with Gasteiger partial charge in [0, 0.05) is 19.1 Å². The molecule has 0 saturated heterocycles. The summed E-state index contributed by atoms with van der Waals surface area (Å²) in [6.07, 6.45) is 16.7. The number of rotatable bonds is 10. The highest BCUT2D eigenvalue weighted by molar-refractivity contribution is 6.74. The number of hydrogen-bond acceptors (Lipinski definition) is 6. The molecule has 0 aromatic carbocycles. The highest BCUT2D eigenvalue weighted by Gasteiger charge is 2.62. The second-order valence-electron chi connectivity index (χ2n) is 17.3. The Balaban J connectivity index is 1.54. The molecule has 4 rings (SSSR count). The molecule has 3 saturated carbocycles. The quantitative estimate of drug-likeness (QED) is 0.103. The lowest BCUT2D eigenvalue weighted by atomic mass is 9.46. The van der Waals surface area contributed by atoms with Gasteiger partial charge in [-0.15, -0.1) is 0 Å². The van der Waals surface area contributed by atoms with Crippen LogP contribution < -0.4 is 0 Å². The average molecular weight is 633 g/mol. The van der Waals surface area contributed by atoms with Crippen molar-refractivity contribution in [3.8, 4) is 0 Å². The third kappa shape index (κ3) is 6.91. The van der Waals surface area contributed by atoms with Crippen LogP contribution in [0.2, 0.25) is 18.1 Å². The molecule has 3 fully saturated rings. The monoisotopic (exact) mass is 632 g/mol. The van der Waals surface area contributed by atoms with Crippen molar-refractivity contribution in [1.82, 2.24) is 0 Å². The van der Waals surface area contributed by atoms with Gasteiger partial charge < -0.3 is 23.4 Å². The third-order valence-electron chi connectivity index (χ3n) is 13.1. The fourth-order valence-corrected chi connectivity index (χ4v) is 10.9. The van der Waals surface area contributed by atoms with Crippen LogP contribution in [0, 0.1) is 34.5 Å². The Morgan fingerprint density at radius 3 is 2.34 bits per heavy atom. The number of fused-ring (bicyclic) bond motifs is 5. The molecule has 0 spiro atoms. The molecule has 0 amide bonds. The van der Waals surface area contributed by atoms with Crippen LogP contribution in [0.1, 0.15) is 113 Å². The van der Waals surface area contributed by atoms with E-state index in [0.717, 1.165) is 18.8 Å². The van der Waals surface area contributed by atoms with E-state index in [1.807, 2.05) is 0 Å². The Labute approximate surface area is 270 Å². The molecule has 6 nitrogen and oxygen atoms in total. The summed E-state index contributed by atoms with van der Waals surface area (Å²) >= 11 is 0. The van der Waals surface area contributed by atoms with E-state index in [2.05, 4.69) is 86.7 Å². The number of ether oxygens (including phenoxy) is 4. The van der Waals surface area contributed by atoms with Crippen LogP contribution in [-0.4, -0.2) is 52.8 Å². The molecule has 0 bridgehead atoms. The van der Waals surface area contributed by atoms with E-state index in [4.69, 9.17) is 23.4 Å². The zero-order chi connectivity index (χ0) is 32.8. The molecule has 0 N–H and O–H groups in total. The van der Waals surface area contributed by atoms with Crippen molar-refractivity contribution < 1.29 is 28.2 Å². The van der Waals surface area contributed by atoms with Crippen LogP contribution in [0.4, 0.5) is 4.79 Å². The maximum absolute atomic E-state index is 12.6. The van der Waals surface area contributed by atoms with Gasteiger partial charge in [-0.05, 0) is 131 Å². The predicted molar refractivity (Wildman–Crippen MR) is 180 cm³/mol. The largest absolute Gasteiger partial charge is 0.508 e. The van der Waals surface area contributed by atoms with Gasteiger partial charge in [-0.2, -0.15) is 0 Å². The summed E-state index contributed by atoms with van der Waals surface area (Å²) in [5.41, 5.74) is 0.914. The molecule has 0 aromatic rings.